The molecule has 21 heavy (non-hydrogen) atoms. The number of hydrogen-bond acceptors (Lipinski definition) is 5. The van der Waals surface area contributed by atoms with E-state index >= 15 is 0 Å². The summed E-state index contributed by atoms with van der Waals surface area (Å²) in [6.45, 7) is 6.47. The maximum absolute atomic E-state index is 12.3. The minimum absolute atomic E-state index is 0.423. The minimum atomic E-state index is -3.35. The molecule has 120 valence electrons. The third-order valence-electron chi connectivity index (χ3n) is 3.74. The van der Waals surface area contributed by atoms with Crippen molar-refractivity contribution in [3.63, 3.8) is 0 Å². The molecule has 0 spiro atoms. The number of aryl methyl sites for hydroxylation is 1. The van der Waals surface area contributed by atoms with Gasteiger partial charge in [-0.15, -0.1) is 11.3 Å². The normalized spacial score (nSPS) is 16.7. The number of likely N-dealkylation sites (tertiary alicyclic amines) is 1. The van der Waals surface area contributed by atoms with E-state index in [1.807, 2.05) is 14.0 Å². The van der Waals surface area contributed by atoms with Crippen molar-refractivity contribution in [2.75, 3.05) is 33.2 Å². The van der Waals surface area contributed by atoms with Gasteiger partial charge in [0, 0.05) is 18.0 Å². The Bertz CT molecular complexity index is 549. The maximum Gasteiger partial charge on any atom is 0.250 e. The fourth-order valence-electron chi connectivity index (χ4n) is 2.54. The van der Waals surface area contributed by atoms with E-state index in [1.165, 1.54) is 24.2 Å². The van der Waals surface area contributed by atoms with Gasteiger partial charge >= 0.3 is 0 Å². The van der Waals surface area contributed by atoms with Crippen LogP contribution < -0.4 is 10.0 Å². The monoisotopic (exact) mass is 331 g/mol. The summed E-state index contributed by atoms with van der Waals surface area (Å²) in [5, 5.41) is 3.06. The Balaban J connectivity index is 1.84. The standard InChI is InChI=1S/C14H25N3O2S2/c1-12-10-14(20-13(12)11-15-2)21(18,19)16-6-5-9-17-7-3-4-8-17/h10,15-16H,3-9,11H2,1-2H3. The minimum Gasteiger partial charge on any atom is -0.315 e. The van der Waals surface area contributed by atoms with Gasteiger partial charge in [0.05, 0.1) is 0 Å². The fourth-order valence-corrected chi connectivity index (χ4v) is 5.26. The van der Waals surface area contributed by atoms with Crippen LogP contribution in [0.25, 0.3) is 0 Å². The van der Waals surface area contributed by atoms with Gasteiger partial charge in [-0.2, -0.15) is 0 Å². The van der Waals surface area contributed by atoms with E-state index < -0.39 is 10.0 Å². The molecule has 5 nitrogen and oxygen atoms in total. The van der Waals surface area contributed by atoms with Crippen molar-refractivity contribution < 1.29 is 8.42 Å². The molecule has 1 aliphatic rings. The highest BCUT2D eigenvalue weighted by Gasteiger charge is 2.18. The van der Waals surface area contributed by atoms with Gasteiger partial charge in [0.1, 0.15) is 4.21 Å². The summed E-state index contributed by atoms with van der Waals surface area (Å²) in [7, 11) is -1.49. The van der Waals surface area contributed by atoms with E-state index in [-0.39, 0.29) is 0 Å². The average molecular weight is 332 g/mol. The van der Waals surface area contributed by atoms with Gasteiger partial charge in [-0.25, -0.2) is 13.1 Å². The fraction of sp³-hybridized carbons (Fsp3) is 0.714. The zero-order chi connectivity index (χ0) is 15.3. The van der Waals surface area contributed by atoms with Crippen molar-refractivity contribution in [1.82, 2.24) is 14.9 Å². The third-order valence-corrected chi connectivity index (χ3v) is 6.91. The molecule has 0 aromatic carbocycles. The molecule has 0 saturated carbocycles. The lowest BCUT2D eigenvalue weighted by atomic mass is 10.3. The molecule has 0 radical (unpaired) electrons. The molecule has 2 N–H and O–H groups in total. The Morgan fingerprint density at radius 1 is 1.33 bits per heavy atom. The molecule has 1 aliphatic heterocycles. The van der Waals surface area contributed by atoms with Crippen molar-refractivity contribution in [2.24, 2.45) is 0 Å². The molecule has 2 rings (SSSR count). The smallest absolute Gasteiger partial charge is 0.250 e. The molecular formula is C14H25N3O2S2. The molecule has 1 aromatic heterocycles. The van der Waals surface area contributed by atoms with Gasteiger partial charge in [0.25, 0.3) is 0 Å². The summed E-state index contributed by atoms with van der Waals surface area (Å²) < 4.78 is 27.7. The summed E-state index contributed by atoms with van der Waals surface area (Å²) in [5.74, 6) is 0. The average Bonchev–Trinajstić information content (AvgIpc) is 3.06. The highest BCUT2D eigenvalue weighted by molar-refractivity contribution is 7.91. The van der Waals surface area contributed by atoms with Gasteiger partial charge in [-0.3, -0.25) is 0 Å². The van der Waals surface area contributed by atoms with Gasteiger partial charge < -0.3 is 10.2 Å². The maximum atomic E-state index is 12.3. The van der Waals surface area contributed by atoms with E-state index in [1.54, 1.807) is 6.07 Å². The van der Waals surface area contributed by atoms with Crippen LogP contribution >= 0.6 is 11.3 Å². The van der Waals surface area contributed by atoms with Gasteiger partial charge in [-0.05, 0) is 64.5 Å². The predicted octanol–water partition coefficient (Wildman–Crippen LogP) is 1.54. The van der Waals surface area contributed by atoms with Gasteiger partial charge in [-0.1, -0.05) is 0 Å². The van der Waals surface area contributed by atoms with Crippen LogP contribution in [0.4, 0.5) is 0 Å². The molecule has 1 fully saturated rings. The molecule has 1 saturated heterocycles. The Morgan fingerprint density at radius 3 is 2.71 bits per heavy atom. The highest BCUT2D eigenvalue weighted by atomic mass is 32.2. The first-order chi connectivity index (χ1) is 10.0. The van der Waals surface area contributed by atoms with Crippen molar-refractivity contribution in [3.8, 4) is 0 Å². The van der Waals surface area contributed by atoms with E-state index in [2.05, 4.69) is 14.9 Å². The number of thiophene rings is 1. The SMILES string of the molecule is CNCc1sc(S(=O)(=O)NCCCN2CCCC2)cc1C. The second-order valence-corrected chi connectivity index (χ2v) is 8.63. The Morgan fingerprint density at radius 2 is 2.05 bits per heavy atom. The molecule has 1 aromatic rings. The molecule has 0 atom stereocenters. The van der Waals surface area contributed by atoms with Crippen molar-refractivity contribution in [2.45, 2.75) is 36.9 Å². The lowest BCUT2D eigenvalue weighted by Gasteiger charge is -2.14. The summed E-state index contributed by atoms with van der Waals surface area (Å²) in [5.41, 5.74) is 1.03. The quantitative estimate of drug-likeness (QED) is 0.710. The van der Waals surface area contributed by atoms with Crippen LogP contribution in [0, 0.1) is 6.92 Å². The van der Waals surface area contributed by atoms with Crippen LogP contribution in [0.3, 0.4) is 0 Å². The van der Waals surface area contributed by atoms with E-state index in [4.69, 9.17) is 0 Å². The number of hydrogen-bond donors (Lipinski definition) is 2. The van der Waals surface area contributed by atoms with Crippen LogP contribution in [-0.2, 0) is 16.6 Å². The third kappa shape index (κ3) is 4.75. The lowest BCUT2D eigenvalue weighted by molar-refractivity contribution is 0.334. The van der Waals surface area contributed by atoms with Crippen LogP contribution in [0.2, 0.25) is 0 Å². The first-order valence-corrected chi connectivity index (χ1v) is 9.79. The largest absolute Gasteiger partial charge is 0.315 e. The first kappa shape index (κ1) is 16.9. The molecule has 0 amide bonds. The lowest BCUT2D eigenvalue weighted by Crippen LogP contribution is -2.28. The van der Waals surface area contributed by atoms with Crippen LogP contribution in [0.5, 0.6) is 0 Å². The van der Waals surface area contributed by atoms with E-state index in [9.17, 15) is 8.42 Å². The summed E-state index contributed by atoms with van der Waals surface area (Å²) in [6.07, 6.45) is 3.41. The molecule has 0 unspecified atom stereocenters. The molecule has 2 heterocycles. The Kier molecular flexibility index (Phi) is 6.19. The van der Waals surface area contributed by atoms with Crippen molar-refractivity contribution in [1.29, 1.82) is 0 Å². The number of nitrogens with one attached hydrogen (secondary N) is 2. The van der Waals surface area contributed by atoms with Crippen molar-refractivity contribution in [3.05, 3.63) is 16.5 Å². The Hall–Kier alpha value is -0.470. The summed E-state index contributed by atoms with van der Waals surface area (Å²) in [4.78, 5) is 3.48. The van der Waals surface area contributed by atoms with Crippen LogP contribution in [-0.4, -0.2) is 46.5 Å². The number of nitrogens with zero attached hydrogens (tertiary/aromatic N) is 1. The second-order valence-electron chi connectivity index (χ2n) is 5.50. The summed E-state index contributed by atoms with van der Waals surface area (Å²) in [6, 6.07) is 1.76. The second kappa shape index (κ2) is 7.69. The zero-order valence-electron chi connectivity index (χ0n) is 12.8. The van der Waals surface area contributed by atoms with Crippen LogP contribution in [0.1, 0.15) is 29.7 Å². The Labute approximate surface area is 131 Å². The van der Waals surface area contributed by atoms with E-state index in [0.29, 0.717) is 17.3 Å². The topological polar surface area (TPSA) is 61.4 Å². The first-order valence-electron chi connectivity index (χ1n) is 7.49. The molecule has 0 aliphatic carbocycles. The van der Waals surface area contributed by atoms with Crippen molar-refractivity contribution >= 4 is 21.4 Å². The van der Waals surface area contributed by atoms with Gasteiger partial charge in [0.2, 0.25) is 10.0 Å². The number of sulfonamides is 1. The summed E-state index contributed by atoms with van der Waals surface area (Å²) >= 11 is 1.35. The van der Waals surface area contributed by atoms with Gasteiger partial charge in [0.15, 0.2) is 0 Å². The highest BCUT2D eigenvalue weighted by Crippen LogP contribution is 2.25. The zero-order valence-corrected chi connectivity index (χ0v) is 14.4. The predicted molar refractivity (Wildman–Crippen MR) is 87.3 cm³/mol. The molecule has 0 bridgehead atoms. The number of rotatable bonds is 8. The molecule has 7 heteroatoms. The van der Waals surface area contributed by atoms with Crippen LogP contribution in [0.15, 0.2) is 10.3 Å². The molecular weight excluding hydrogens is 306 g/mol. The van der Waals surface area contributed by atoms with E-state index in [0.717, 1.165) is 36.5 Å².